The van der Waals surface area contributed by atoms with Gasteiger partial charge in [0.25, 0.3) is 5.91 Å². The van der Waals surface area contributed by atoms with Gasteiger partial charge in [-0.3, -0.25) is 4.79 Å². The Morgan fingerprint density at radius 1 is 0.886 bits per heavy atom. The van der Waals surface area contributed by atoms with Crippen molar-refractivity contribution in [3.8, 4) is 5.75 Å². The van der Waals surface area contributed by atoms with E-state index >= 15 is 0 Å². The van der Waals surface area contributed by atoms with E-state index in [2.05, 4.69) is 64.0 Å². The maximum atomic E-state index is 13.1. The highest BCUT2D eigenvalue weighted by Gasteiger charge is 2.15. The van der Waals surface area contributed by atoms with Crippen molar-refractivity contribution in [1.29, 1.82) is 0 Å². The minimum Gasteiger partial charge on any atom is -0.496 e. The van der Waals surface area contributed by atoms with Crippen LogP contribution in [0, 0.1) is 13.8 Å². The zero-order valence-electron chi connectivity index (χ0n) is 20.2. The van der Waals surface area contributed by atoms with Crippen molar-refractivity contribution in [2.24, 2.45) is 0 Å². The molecular formula is C28H29N5O2. The number of benzene rings is 3. The number of allylic oxidation sites excluding steroid dienone is 1. The van der Waals surface area contributed by atoms with Crippen LogP contribution in [-0.2, 0) is 13.1 Å². The molecule has 0 saturated heterocycles. The van der Waals surface area contributed by atoms with E-state index in [1.165, 1.54) is 21.9 Å². The number of hydrogen-bond donors (Lipinski definition) is 2. The summed E-state index contributed by atoms with van der Waals surface area (Å²) in [6.07, 6.45) is 3.18. The SMILES string of the molecule is COc1ccccc1/C=C/C(=O)n1nc(NCc2ccc(C)cc2)nc1NCc1ccc(C)cc1. The van der Waals surface area contributed by atoms with Crippen molar-refractivity contribution in [1.82, 2.24) is 14.8 Å². The first-order chi connectivity index (χ1) is 17.0. The van der Waals surface area contributed by atoms with Crippen LogP contribution in [-0.4, -0.2) is 27.8 Å². The molecular weight excluding hydrogens is 438 g/mol. The molecule has 0 aliphatic carbocycles. The van der Waals surface area contributed by atoms with Crippen LogP contribution >= 0.6 is 0 Å². The summed E-state index contributed by atoms with van der Waals surface area (Å²) in [5.74, 6) is 1.11. The second-order valence-corrected chi connectivity index (χ2v) is 8.26. The quantitative estimate of drug-likeness (QED) is 0.317. The Kier molecular flexibility index (Phi) is 7.57. The molecule has 4 rings (SSSR count). The maximum Gasteiger partial charge on any atom is 0.274 e. The van der Waals surface area contributed by atoms with Gasteiger partial charge in [-0.2, -0.15) is 9.67 Å². The number of aromatic nitrogens is 3. The lowest BCUT2D eigenvalue weighted by atomic mass is 10.1. The summed E-state index contributed by atoms with van der Waals surface area (Å²) in [6, 6.07) is 23.9. The van der Waals surface area contributed by atoms with E-state index in [-0.39, 0.29) is 5.91 Å². The first-order valence-electron chi connectivity index (χ1n) is 11.4. The number of hydrogen-bond acceptors (Lipinski definition) is 6. The molecule has 2 N–H and O–H groups in total. The molecule has 35 heavy (non-hydrogen) atoms. The van der Waals surface area contributed by atoms with Gasteiger partial charge in [-0.1, -0.05) is 77.9 Å². The van der Waals surface area contributed by atoms with Gasteiger partial charge in [0.15, 0.2) is 0 Å². The zero-order chi connectivity index (χ0) is 24.6. The van der Waals surface area contributed by atoms with Crippen LogP contribution in [0.2, 0.25) is 0 Å². The molecule has 0 atom stereocenters. The van der Waals surface area contributed by atoms with Gasteiger partial charge >= 0.3 is 0 Å². The number of aryl methyl sites for hydroxylation is 2. The number of carbonyl (C=O) groups is 1. The molecule has 0 unspecified atom stereocenters. The van der Waals surface area contributed by atoms with Gasteiger partial charge in [0.1, 0.15) is 5.75 Å². The first-order valence-corrected chi connectivity index (χ1v) is 11.4. The number of para-hydroxylation sites is 1. The Morgan fingerprint density at radius 3 is 2.11 bits per heavy atom. The highest BCUT2D eigenvalue weighted by atomic mass is 16.5. The summed E-state index contributed by atoms with van der Waals surface area (Å²) in [6.45, 7) is 5.16. The van der Waals surface area contributed by atoms with Gasteiger partial charge in [-0.05, 0) is 37.1 Å². The van der Waals surface area contributed by atoms with Crippen molar-refractivity contribution in [3.63, 3.8) is 0 Å². The van der Waals surface area contributed by atoms with E-state index < -0.39 is 0 Å². The van der Waals surface area contributed by atoms with Crippen molar-refractivity contribution in [3.05, 3.63) is 107 Å². The summed E-state index contributed by atoms with van der Waals surface area (Å²) >= 11 is 0. The number of nitrogens with one attached hydrogen (secondary N) is 2. The lowest BCUT2D eigenvalue weighted by Gasteiger charge is -2.06. The number of methoxy groups -OCH3 is 1. The fourth-order valence-electron chi connectivity index (χ4n) is 3.46. The Morgan fingerprint density at radius 2 is 1.49 bits per heavy atom. The second-order valence-electron chi connectivity index (χ2n) is 8.26. The maximum absolute atomic E-state index is 13.1. The minimum atomic E-state index is -0.321. The fraction of sp³-hybridized carbons (Fsp3) is 0.179. The van der Waals surface area contributed by atoms with Crippen LogP contribution in [0.3, 0.4) is 0 Å². The highest BCUT2D eigenvalue weighted by molar-refractivity contribution is 5.95. The van der Waals surface area contributed by atoms with E-state index in [1.54, 1.807) is 13.2 Å². The average Bonchev–Trinajstić information content (AvgIpc) is 3.30. The molecule has 1 aromatic heterocycles. The van der Waals surface area contributed by atoms with Crippen molar-refractivity contribution >= 4 is 23.9 Å². The molecule has 0 amide bonds. The van der Waals surface area contributed by atoms with Crippen LogP contribution in [0.4, 0.5) is 11.9 Å². The summed E-state index contributed by atoms with van der Waals surface area (Å²) < 4.78 is 6.64. The van der Waals surface area contributed by atoms with Gasteiger partial charge < -0.3 is 15.4 Å². The number of nitrogens with zero attached hydrogens (tertiary/aromatic N) is 3. The van der Waals surface area contributed by atoms with Crippen LogP contribution in [0.25, 0.3) is 6.08 Å². The largest absolute Gasteiger partial charge is 0.496 e. The minimum absolute atomic E-state index is 0.321. The van der Waals surface area contributed by atoms with E-state index in [4.69, 9.17) is 4.74 Å². The molecule has 4 aromatic rings. The highest BCUT2D eigenvalue weighted by Crippen LogP contribution is 2.19. The molecule has 0 fully saturated rings. The predicted octanol–water partition coefficient (Wildman–Crippen LogP) is 5.48. The molecule has 7 heteroatoms. The van der Waals surface area contributed by atoms with Crippen LogP contribution in [0.5, 0.6) is 5.75 Å². The summed E-state index contributed by atoms with van der Waals surface area (Å²) in [5.41, 5.74) is 5.37. The molecule has 0 aliphatic heterocycles. The van der Waals surface area contributed by atoms with Gasteiger partial charge in [0, 0.05) is 24.7 Å². The molecule has 0 radical (unpaired) electrons. The average molecular weight is 468 g/mol. The summed E-state index contributed by atoms with van der Waals surface area (Å²) in [7, 11) is 1.60. The standard InChI is InChI=1S/C28H29N5O2/c1-20-8-12-22(13-9-20)18-29-27-31-28(30-19-23-14-10-21(2)11-15-23)33(32-27)26(34)17-16-24-6-4-5-7-25(24)35-3/h4-17H,18-19H2,1-3H3,(H2,29,30,31,32)/b17-16+. The molecule has 3 aromatic carbocycles. The summed E-state index contributed by atoms with van der Waals surface area (Å²) in [5, 5.41) is 10.9. The van der Waals surface area contributed by atoms with E-state index in [1.807, 2.05) is 43.3 Å². The number of anilines is 2. The van der Waals surface area contributed by atoms with Crippen LogP contribution in [0.1, 0.15) is 32.6 Å². The third-order valence-corrected chi connectivity index (χ3v) is 5.50. The monoisotopic (exact) mass is 467 g/mol. The normalized spacial score (nSPS) is 10.9. The third kappa shape index (κ3) is 6.35. The number of carbonyl (C=O) groups excluding carboxylic acids is 1. The Hall–Kier alpha value is -4.39. The molecule has 7 nitrogen and oxygen atoms in total. The molecule has 0 aliphatic rings. The molecule has 0 saturated carbocycles. The summed E-state index contributed by atoms with van der Waals surface area (Å²) in [4.78, 5) is 17.6. The van der Waals surface area contributed by atoms with Gasteiger partial charge in [-0.15, -0.1) is 5.10 Å². The van der Waals surface area contributed by atoms with Gasteiger partial charge in [0.2, 0.25) is 11.9 Å². The molecule has 178 valence electrons. The first kappa shape index (κ1) is 23.8. The second kappa shape index (κ2) is 11.2. The lowest BCUT2D eigenvalue weighted by molar-refractivity contribution is 0.0957. The predicted molar refractivity (Wildman–Crippen MR) is 140 cm³/mol. The van der Waals surface area contributed by atoms with Crippen LogP contribution in [0.15, 0.2) is 78.9 Å². The van der Waals surface area contributed by atoms with Gasteiger partial charge in [-0.25, -0.2) is 0 Å². The van der Waals surface area contributed by atoms with Gasteiger partial charge in [0.05, 0.1) is 7.11 Å². The lowest BCUT2D eigenvalue weighted by Crippen LogP contribution is -2.14. The molecule has 0 spiro atoms. The van der Waals surface area contributed by atoms with Crippen LogP contribution < -0.4 is 15.4 Å². The van der Waals surface area contributed by atoms with E-state index in [9.17, 15) is 4.79 Å². The van der Waals surface area contributed by atoms with Crippen molar-refractivity contribution < 1.29 is 9.53 Å². The van der Waals surface area contributed by atoms with Crippen molar-refractivity contribution in [2.75, 3.05) is 17.7 Å². The third-order valence-electron chi connectivity index (χ3n) is 5.50. The van der Waals surface area contributed by atoms with Crippen molar-refractivity contribution in [2.45, 2.75) is 26.9 Å². The fourth-order valence-corrected chi connectivity index (χ4v) is 3.46. The Labute approximate surface area is 205 Å². The molecule has 0 bridgehead atoms. The molecule has 1 heterocycles. The smallest absolute Gasteiger partial charge is 0.274 e. The van der Waals surface area contributed by atoms with E-state index in [0.29, 0.717) is 30.7 Å². The Bertz CT molecular complexity index is 1310. The zero-order valence-corrected chi connectivity index (χ0v) is 20.2. The number of ether oxygens (including phenoxy) is 1. The topological polar surface area (TPSA) is 81.1 Å². The Balaban J connectivity index is 1.54. The van der Waals surface area contributed by atoms with E-state index in [0.717, 1.165) is 16.7 Å². The number of rotatable bonds is 9.